The van der Waals surface area contributed by atoms with Gasteiger partial charge in [-0.1, -0.05) is 19.9 Å². The molecule has 1 amide bonds. The molecule has 1 aromatic rings. The maximum absolute atomic E-state index is 11.7. The average Bonchev–Trinajstić information content (AvgIpc) is 2.28. The Morgan fingerprint density at radius 3 is 2.59 bits per heavy atom. The van der Waals surface area contributed by atoms with Crippen LogP contribution in [-0.2, 0) is 4.79 Å². The van der Waals surface area contributed by atoms with E-state index in [1.54, 1.807) is 19.2 Å². The molecule has 0 fully saturated rings. The molecule has 1 rings (SSSR count). The first-order chi connectivity index (χ1) is 7.54. The number of amides is 1. The van der Waals surface area contributed by atoms with E-state index in [0.717, 1.165) is 0 Å². The number of nitrogens with two attached hydrogens (primary N) is 1. The molecule has 0 aliphatic carbocycles. The van der Waals surface area contributed by atoms with Crippen molar-refractivity contribution in [2.24, 2.45) is 11.7 Å². The van der Waals surface area contributed by atoms with Gasteiger partial charge in [-0.2, -0.15) is 0 Å². The lowest BCUT2D eigenvalue weighted by Gasteiger charge is -2.15. The summed E-state index contributed by atoms with van der Waals surface area (Å²) in [4.78, 5) is 11.7. The number of ether oxygens (including phenoxy) is 1. The van der Waals surface area contributed by atoms with Gasteiger partial charge in [0.2, 0.25) is 5.91 Å². The number of carbonyl (C=O) groups is 1. The van der Waals surface area contributed by atoms with Crippen molar-refractivity contribution >= 4 is 24.0 Å². The quantitative estimate of drug-likeness (QED) is 0.869. The van der Waals surface area contributed by atoms with Crippen LogP contribution in [0.1, 0.15) is 13.8 Å². The lowest BCUT2D eigenvalue weighted by atomic mass is 10.0. The zero-order valence-electron chi connectivity index (χ0n) is 10.3. The van der Waals surface area contributed by atoms with Crippen LogP contribution in [0.25, 0.3) is 0 Å². The molecule has 1 atom stereocenters. The third-order valence-corrected chi connectivity index (χ3v) is 2.36. The lowest BCUT2D eigenvalue weighted by molar-refractivity contribution is -0.118. The fourth-order valence-electron chi connectivity index (χ4n) is 1.23. The summed E-state index contributed by atoms with van der Waals surface area (Å²) in [5.41, 5.74) is 6.43. The van der Waals surface area contributed by atoms with Crippen molar-refractivity contribution in [2.75, 3.05) is 12.4 Å². The Labute approximate surface area is 108 Å². The van der Waals surface area contributed by atoms with E-state index in [0.29, 0.717) is 11.4 Å². The molecule has 17 heavy (non-hydrogen) atoms. The molecule has 0 bridgehead atoms. The van der Waals surface area contributed by atoms with E-state index < -0.39 is 6.04 Å². The minimum atomic E-state index is -0.494. The van der Waals surface area contributed by atoms with Gasteiger partial charge in [-0.3, -0.25) is 4.79 Å². The Kier molecular flexibility index (Phi) is 6.61. The number of carbonyl (C=O) groups excluding carboxylic acids is 1. The number of benzene rings is 1. The Morgan fingerprint density at radius 2 is 2.06 bits per heavy atom. The lowest BCUT2D eigenvalue weighted by Crippen LogP contribution is -2.39. The topological polar surface area (TPSA) is 64.3 Å². The molecule has 1 unspecified atom stereocenters. The van der Waals surface area contributed by atoms with E-state index in [-0.39, 0.29) is 24.2 Å². The first-order valence-electron chi connectivity index (χ1n) is 5.25. The summed E-state index contributed by atoms with van der Waals surface area (Å²) in [6.07, 6.45) is 0. The molecule has 0 aliphatic heterocycles. The predicted octanol–water partition coefficient (Wildman–Crippen LogP) is 2.04. The van der Waals surface area contributed by atoms with Crippen LogP contribution in [0.2, 0.25) is 0 Å². The van der Waals surface area contributed by atoms with Crippen LogP contribution in [0.3, 0.4) is 0 Å². The van der Waals surface area contributed by atoms with Crippen LogP contribution in [0, 0.1) is 5.92 Å². The summed E-state index contributed by atoms with van der Waals surface area (Å²) in [5.74, 6) is 0.643. The fourth-order valence-corrected chi connectivity index (χ4v) is 1.23. The van der Waals surface area contributed by atoms with Gasteiger partial charge in [0.1, 0.15) is 5.75 Å². The van der Waals surface area contributed by atoms with Gasteiger partial charge in [-0.05, 0) is 18.1 Å². The Morgan fingerprint density at radius 1 is 1.41 bits per heavy atom. The second-order valence-electron chi connectivity index (χ2n) is 3.99. The van der Waals surface area contributed by atoms with Gasteiger partial charge in [0.05, 0.1) is 13.2 Å². The summed E-state index contributed by atoms with van der Waals surface area (Å²) in [6, 6.07) is 6.69. The van der Waals surface area contributed by atoms with Crippen LogP contribution >= 0.6 is 12.4 Å². The van der Waals surface area contributed by atoms with Gasteiger partial charge in [0, 0.05) is 11.8 Å². The number of hydrogen-bond acceptors (Lipinski definition) is 3. The predicted molar refractivity (Wildman–Crippen MR) is 71.7 cm³/mol. The van der Waals surface area contributed by atoms with Crippen LogP contribution in [0.4, 0.5) is 5.69 Å². The molecule has 0 saturated heterocycles. The second kappa shape index (κ2) is 7.14. The maximum atomic E-state index is 11.7. The van der Waals surface area contributed by atoms with Gasteiger partial charge >= 0.3 is 0 Å². The maximum Gasteiger partial charge on any atom is 0.241 e. The van der Waals surface area contributed by atoms with Gasteiger partial charge in [-0.25, -0.2) is 0 Å². The molecular formula is C12H19ClN2O2. The summed E-state index contributed by atoms with van der Waals surface area (Å²) in [6.45, 7) is 3.83. The van der Waals surface area contributed by atoms with Crippen molar-refractivity contribution in [3.05, 3.63) is 24.3 Å². The molecule has 1 aromatic carbocycles. The summed E-state index contributed by atoms with van der Waals surface area (Å²) in [7, 11) is 1.58. The van der Waals surface area contributed by atoms with Crippen molar-refractivity contribution in [1.29, 1.82) is 0 Å². The van der Waals surface area contributed by atoms with Crippen LogP contribution in [0.15, 0.2) is 24.3 Å². The minimum Gasteiger partial charge on any atom is -0.497 e. The summed E-state index contributed by atoms with van der Waals surface area (Å²) < 4.78 is 5.06. The number of halogens is 1. The zero-order chi connectivity index (χ0) is 12.1. The first-order valence-corrected chi connectivity index (χ1v) is 5.25. The Bertz CT molecular complexity index is 369. The molecule has 5 heteroatoms. The normalized spacial score (nSPS) is 11.6. The van der Waals surface area contributed by atoms with Crippen LogP contribution in [0.5, 0.6) is 5.75 Å². The average molecular weight is 259 g/mol. The highest BCUT2D eigenvalue weighted by atomic mass is 35.5. The summed E-state index contributed by atoms with van der Waals surface area (Å²) in [5, 5.41) is 2.75. The smallest absolute Gasteiger partial charge is 0.241 e. The molecule has 0 heterocycles. The van der Waals surface area contributed by atoms with Gasteiger partial charge in [-0.15, -0.1) is 12.4 Å². The van der Waals surface area contributed by atoms with E-state index in [1.807, 2.05) is 26.0 Å². The highest BCUT2D eigenvalue weighted by Gasteiger charge is 2.17. The molecule has 0 aliphatic rings. The molecule has 0 saturated carbocycles. The Balaban J connectivity index is 0.00000256. The number of methoxy groups -OCH3 is 1. The van der Waals surface area contributed by atoms with E-state index in [4.69, 9.17) is 10.5 Å². The molecule has 4 nitrogen and oxygen atoms in total. The molecular weight excluding hydrogens is 240 g/mol. The SMILES string of the molecule is COc1cccc(NC(=O)C(N)C(C)C)c1.Cl. The summed E-state index contributed by atoms with van der Waals surface area (Å²) >= 11 is 0. The second-order valence-corrected chi connectivity index (χ2v) is 3.99. The van der Waals surface area contributed by atoms with Gasteiger partial charge < -0.3 is 15.8 Å². The van der Waals surface area contributed by atoms with Crippen molar-refractivity contribution in [2.45, 2.75) is 19.9 Å². The van der Waals surface area contributed by atoms with E-state index in [9.17, 15) is 4.79 Å². The number of nitrogens with one attached hydrogen (secondary N) is 1. The monoisotopic (exact) mass is 258 g/mol. The third kappa shape index (κ3) is 4.63. The fraction of sp³-hybridized carbons (Fsp3) is 0.417. The zero-order valence-corrected chi connectivity index (χ0v) is 11.1. The molecule has 0 aromatic heterocycles. The molecule has 0 radical (unpaired) electrons. The van der Waals surface area contributed by atoms with Crippen LogP contribution in [-0.4, -0.2) is 19.1 Å². The van der Waals surface area contributed by atoms with E-state index in [2.05, 4.69) is 5.32 Å². The largest absolute Gasteiger partial charge is 0.497 e. The highest BCUT2D eigenvalue weighted by Crippen LogP contribution is 2.17. The van der Waals surface area contributed by atoms with Crippen LogP contribution < -0.4 is 15.8 Å². The molecule has 96 valence electrons. The van der Waals surface area contributed by atoms with E-state index in [1.165, 1.54) is 0 Å². The van der Waals surface area contributed by atoms with Crippen molar-refractivity contribution in [3.63, 3.8) is 0 Å². The third-order valence-electron chi connectivity index (χ3n) is 2.36. The van der Waals surface area contributed by atoms with Crippen molar-refractivity contribution in [3.8, 4) is 5.75 Å². The number of hydrogen-bond donors (Lipinski definition) is 2. The standard InChI is InChI=1S/C12H18N2O2.ClH/c1-8(2)11(13)12(15)14-9-5-4-6-10(7-9)16-3;/h4-8,11H,13H2,1-3H3,(H,14,15);1H. The number of rotatable bonds is 4. The number of anilines is 1. The van der Waals surface area contributed by atoms with Gasteiger partial charge in [0.15, 0.2) is 0 Å². The van der Waals surface area contributed by atoms with Crippen molar-refractivity contribution < 1.29 is 9.53 Å². The minimum absolute atomic E-state index is 0. The van der Waals surface area contributed by atoms with Gasteiger partial charge in [0.25, 0.3) is 0 Å². The first kappa shape index (κ1) is 15.7. The van der Waals surface area contributed by atoms with E-state index >= 15 is 0 Å². The highest BCUT2D eigenvalue weighted by molar-refractivity contribution is 5.94. The van der Waals surface area contributed by atoms with Crippen molar-refractivity contribution in [1.82, 2.24) is 0 Å². The molecule has 0 spiro atoms. The molecule has 3 N–H and O–H groups in total. The Hall–Kier alpha value is -1.26.